The van der Waals surface area contributed by atoms with Gasteiger partial charge in [0.1, 0.15) is 0 Å². The molecular weight excluding hydrogens is 331 g/mol. The van der Waals surface area contributed by atoms with Crippen molar-refractivity contribution in [3.63, 3.8) is 0 Å². The van der Waals surface area contributed by atoms with Crippen molar-refractivity contribution in [2.45, 2.75) is 20.3 Å². The lowest BCUT2D eigenvalue weighted by molar-refractivity contribution is -0.130. The van der Waals surface area contributed by atoms with Crippen LogP contribution in [0.3, 0.4) is 0 Å². The Kier molecular flexibility index (Phi) is 6.44. The van der Waals surface area contributed by atoms with Gasteiger partial charge in [0.05, 0.1) is 0 Å². The van der Waals surface area contributed by atoms with Gasteiger partial charge in [-0.05, 0) is 24.1 Å². The Labute approximate surface area is 125 Å². The van der Waals surface area contributed by atoms with Crippen molar-refractivity contribution in [1.29, 1.82) is 0 Å². The highest BCUT2D eigenvalue weighted by atomic mass is 79.9. The summed E-state index contributed by atoms with van der Waals surface area (Å²) in [6.07, 6.45) is 0.308. The smallest absolute Gasteiger partial charge is 0.276 e. The van der Waals surface area contributed by atoms with Gasteiger partial charge >= 0.3 is 0 Å². The number of hydrazine groups is 1. The van der Waals surface area contributed by atoms with Crippen molar-refractivity contribution in [2.75, 3.05) is 6.61 Å². The lowest BCUT2D eigenvalue weighted by Crippen LogP contribution is -2.44. The minimum absolute atomic E-state index is 0.0307. The van der Waals surface area contributed by atoms with Crippen LogP contribution in [0.2, 0.25) is 0 Å². The Morgan fingerprint density at radius 2 is 1.95 bits per heavy atom. The van der Waals surface area contributed by atoms with Crippen LogP contribution in [0.4, 0.5) is 4.39 Å². The number of hydrogen-bond donors (Lipinski definition) is 2. The second kappa shape index (κ2) is 7.84. The quantitative estimate of drug-likeness (QED) is 0.803. The first-order valence-corrected chi connectivity index (χ1v) is 6.83. The Morgan fingerprint density at radius 1 is 1.30 bits per heavy atom. The second-order valence-electron chi connectivity index (χ2n) is 4.56. The van der Waals surface area contributed by atoms with E-state index in [0.717, 1.165) is 0 Å². The van der Waals surface area contributed by atoms with Crippen LogP contribution in [0.25, 0.3) is 0 Å². The molecule has 0 saturated carbocycles. The van der Waals surface area contributed by atoms with Crippen molar-refractivity contribution in [3.05, 3.63) is 28.5 Å². The molecule has 0 aliphatic heterocycles. The van der Waals surface area contributed by atoms with Gasteiger partial charge in [-0.2, -0.15) is 0 Å². The fraction of sp³-hybridized carbons (Fsp3) is 0.385. The fourth-order valence-corrected chi connectivity index (χ4v) is 1.67. The van der Waals surface area contributed by atoms with Crippen molar-refractivity contribution >= 4 is 27.7 Å². The average molecular weight is 347 g/mol. The minimum atomic E-state index is -0.573. The summed E-state index contributed by atoms with van der Waals surface area (Å²) in [5.74, 6) is -1.26. The number of carbonyl (C=O) groups excluding carboxylic acids is 2. The van der Waals surface area contributed by atoms with Crippen LogP contribution >= 0.6 is 15.9 Å². The molecule has 0 bridgehead atoms. The van der Waals surface area contributed by atoms with Gasteiger partial charge < -0.3 is 4.74 Å². The molecule has 1 aromatic carbocycles. The van der Waals surface area contributed by atoms with E-state index in [1.807, 2.05) is 13.8 Å². The highest BCUT2D eigenvalue weighted by molar-refractivity contribution is 9.10. The minimum Gasteiger partial charge on any atom is -0.481 e. The van der Waals surface area contributed by atoms with E-state index in [4.69, 9.17) is 4.74 Å². The molecule has 7 heteroatoms. The SMILES string of the molecule is CC(C)CC(=O)NNC(=O)COc1ccc(Br)cc1F. The van der Waals surface area contributed by atoms with E-state index in [0.29, 0.717) is 10.9 Å². The Bertz CT molecular complexity index is 495. The van der Waals surface area contributed by atoms with Crippen molar-refractivity contribution in [2.24, 2.45) is 5.92 Å². The summed E-state index contributed by atoms with van der Waals surface area (Å²) in [4.78, 5) is 22.7. The summed E-state index contributed by atoms with van der Waals surface area (Å²) < 4.78 is 19.0. The first kappa shape index (κ1) is 16.4. The monoisotopic (exact) mass is 346 g/mol. The highest BCUT2D eigenvalue weighted by Gasteiger charge is 2.09. The van der Waals surface area contributed by atoms with Gasteiger partial charge in [0.25, 0.3) is 5.91 Å². The van der Waals surface area contributed by atoms with Gasteiger partial charge in [0.15, 0.2) is 18.2 Å². The first-order chi connectivity index (χ1) is 9.38. The van der Waals surface area contributed by atoms with Crippen molar-refractivity contribution in [1.82, 2.24) is 10.9 Å². The van der Waals surface area contributed by atoms with E-state index < -0.39 is 11.7 Å². The lowest BCUT2D eigenvalue weighted by Gasteiger charge is -2.10. The van der Waals surface area contributed by atoms with Crippen LogP contribution < -0.4 is 15.6 Å². The number of hydrogen-bond acceptors (Lipinski definition) is 3. The molecule has 0 radical (unpaired) electrons. The number of ether oxygens (including phenoxy) is 1. The van der Waals surface area contributed by atoms with Crippen LogP contribution in [-0.4, -0.2) is 18.4 Å². The second-order valence-corrected chi connectivity index (χ2v) is 5.47. The molecule has 2 amide bonds. The van der Waals surface area contributed by atoms with Gasteiger partial charge in [-0.25, -0.2) is 4.39 Å². The molecule has 0 unspecified atom stereocenters. The molecule has 2 N–H and O–H groups in total. The van der Waals surface area contributed by atoms with Gasteiger partial charge in [-0.15, -0.1) is 0 Å². The molecule has 0 heterocycles. The highest BCUT2D eigenvalue weighted by Crippen LogP contribution is 2.21. The molecule has 1 aromatic rings. The maximum Gasteiger partial charge on any atom is 0.276 e. The summed E-state index contributed by atoms with van der Waals surface area (Å²) in [6.45, 7) is 3.39. The summed E-state index contributed by atoms with van der Waals surface area (Å²) >= 11 is 3.11. The Balaban J connectivity index is 2.34. The molecule has 0 spiro atoms. The number of carbonyl (C=O) groups is 2. The van der Waals surface area contributed by atoms with Crippen LogP contribution in [0.5, 0.6) is 5.75 Å². The topological polar surface area (TPSA) is 67.4 Å². The molecule has 0 aromatic heterocycles. The van der Waals surface area contributed by atoms with E-state index in [-0.39, 0.29) is 24.2 Å². The van der Waals surface area contributed by atoms with Crippen LogP contribution in [0.15, 0.2) is 22.7 Å². The molecule has 0 saturated heterocycles. The molecule has 5 nitrogen and oxygen atoms in total. The zero-order valence-corrected chi connectivity index (χ0v) is 12.8. The number of benzene rings is 1. The number of halogens is 2. The normalized spacial score (nSPS) is 10.2. The molecule has 0 fully saturated rings. The largest absolute Gasteiger partial charge is 0.481 e. The predicted molar refractivity (Wildman–Crippen MR) is 75.3 cm³/mol. The van der Waals surface area contributed by atoms with E-state index >= 15 is 0 Å². The zero-order valence-electron chi connectivity index (χ0n) is 11.2. The lowest BCUT2D eigenvalue weighted by atomic mass is 10.1. The third kappa shape index (κ3) is 6.01. The van der Waals surface area contributed by atoms with Crippen molar-refractivity contribution in [3.8, 4) is 5.75 Å². The summed E-state index contributed by atoms with van der Waals surface area (Å²) in [6, 6.07) is 4.24. The summed E-state index contributed by atoms with van der Waals surface area (Å²) in [5, 5.41) is 0. The van der Waals surface area contributed by atoms with Crippen LogP contribution in [0.1, 0.15) is 20.3 Å². The van der Waals surface area contributed by atoms with Crippen LogP contribution in [-0.2, 0) is 9.59 Å². The maximum atomic E-state index is 13.4. The molecule has 1 rings (SSSR count). The van der Waals surface area contributed by atoms with E-state index in [1.54, 1.807) is 6.07 Å². The predicted octanol–water partition coefficient (Wildman–Crippen LogP) is 2.16. The summed E-state index contributed by atoms with van der Waals surface area (Å²) in [7, 11) is 0. The molecular formula is C13H16BrFN2O3. The van der Waals surface area contributed by atoms with Gasteiger partial charge in [-0.3, -0.25) is 20.4 Å². The van der Waals surface area contributed by atoms with Gasteiger partial charge in [-0.1, -0.05) is 29.8 Å². The Hall–Kier alpha value is -1.63. The van der Waals surface area contributed by atoms with Crippen LogP contribution in [0, 0.1) is 11.7 Å². The fourth-order valence-electron chi connectivity index (χ4n) is 1.33. The van der Waals surface area contributed by atoms with E-state index in [2.05, 4.69) is 26.8 Å². The summed E-state index contributed by atoms with van der Waals surface area (Å²) in [5.41, 5.74) is 4.45. The third-order valence-electron chi connectivity index (χ3n) is 2.19. The van der Waals surface area contributed by atoms with E-state index in [9.17, 15) is 14.0 Å². The molecule has 0 atom stereocenters. The van der Waals surface area contributed by atoms with E-state index in [1.165, 1.54) is 12.1 Å². The van der Waals surface area contributed by atoms with Crippen molar-refractivity contribution < 1.29 is 18.7 Å². The maximum absolute atomic E-state index is 13.4. The molecule has 20 heavy (non-hydrogen) atoms. The number of nitrogens with one attached hydrogen (secondary N) is 2. The number of rotatable bonds is 5. The van der Waals surface area contributed by atoms with Gasteiger partial charge in [0.2, 0.25) is 5.91 Å². The Morgan fingerprint density at radius 3 is 2.55 bits per heavy atom. The standard InChI is InChI=1S/C13H16BrFN2O3/c1-8(2)5-12(18)16-17-13(19)7-20-11-4-3-9(14)6-10(11)15/h3-4,6,8H,5,7H2,1-2H3,(H,16,18)(H,17,19). The average Bonchev–Trinajstić information content (AvgIpc) is 2.34. The molecule has 0 aliphatic rings. The number of amides is 2. The third-order valence-corrected chi connectivity index (χ3v) is 2.68. The zero-order chi connectivity index (χ0) is 15.1. The molecule has 110 valence electrons. The molecule has 0 aliphatic carbocycles. The first-order valence-electron chi connectivity index (χ1n) is 6.04. The van der Waals surface area contributed by atoms with Gasteiger partial charge in [0, 0.05) is 10.9 Å².